The molecule has 2 rings (SSSR count). The molecule has 0 aromatic heterocycles. The molecule has 1 aliphatic rings. The molecule has 98 valence electrons. The van der Waals surface area contributed by atoms with Crippen molar-refractivity contribution in [2.45, 2.75) is 25.7 Å². The number of halogens is 2. The van der Waals surface area contributed by atoms with E-state index in [0.29, 0.717) is 12.5 Å². The third-order valence-electron chi connectivity index (χ3n) is 3.37. The first-order valence-electron chi connectivity index (χ1n) is 6.04. The average Bonchev–Trinajstić information content (AvgIpc) is 2.83. The first-order valence-corrected chi connectivity index (χ1v) is 6.04. The molecular weight excluding hydrogens is 240 g/mol. The molecule has 1 aromatic rings. The minimum absolute atomic E-state index is 0.0319. The van der Waals surface area contributed by atoms with Crippen LogP contribution in [0.5, 0.6) is 0 Å². The Morgan fingerprint density at radius 2 is 1.94 bits per heavy atom. The van der Waals surface area contributed by atoms with Crippen molar-refractivity contribution in [2.24, 2.45) is 5.92 Å². The van der Waals surface area contributed by atoms with E-state index in [4.69, 9.17) is 5.11 Å². The van der Waals surface area contributed by atoms with Crippen molar-refractivity contribution < 1.29 is 18.7 Å². The first-order chi connectivity index (χ1) is 8.59. The van der Waals surface area contributed by atoms with Gasteiger partial charge in [-0.25, -0.2) is 13.6 Å². The Morgan fingerprint density at radius 3 is 2.56 bits per heavy atom. The summed E-state index contributed by atoms with van der Waals surface area (Å²) in [7, 11) is 0. The van der Waals surface area contributed by atoms with Gasteiger partial charge < -0.3 is 10.4 Å². The third-order valence-corrected chi connectivity index (χ3v) is 3.37. The van der Waals surface area contributed by atoms with E-state index in [2.05, 4.69) is 5.32 Å². The van der Waals surface area contributed by atoms with Crippen LogP contribution in [-0.4, -0.2) is 17.6 Å². The lowest BCUT2D eigenvalue weighted by atomic mass is 10.1. The second-order valence-corrected chi connectivity index (χ2v) is 4.63. The maximum absolute atomic E-state index is 13.6. The molecule has 0 amide bonds. The van der Waals surface area contributed by atoms with E-state index in [1.807, 2.05) is 0 Å². The van der Waals surface area contributed by atoms with Gasteiger partial charge in [0.1, 0.15) is 0 Å². The van der Waals surface area contributed by atoms with Gasteiger partial charge in [0.2, 0.25) is 0 Å². The van der Waals surface area contributed by atoms with E-state index < -0.39 is 23.2 Å². The number of aromatic carboxylic acids is 1. The van der Waals surface area contributed by atoms with Crippen LogP contribution in [0.2, 0.25) is 0 Å². The molecule has 1 saturated carbocycles. The molecule has 0 heterocycles. The third kappa shape index (κ3) is 2.60. The number of carbonyl (C=O) groups is 1. The molecule has 0 bridgehead atoms. The van der Waals surface area contributed by atoms with Crippen LogP contribution in [0, 0.1) is 17.6 Å². The van der Waals surface area contributed by atoms with E-state index in [-0.39, 0.29) is 5.69 Å². The molecule has 0 aliphatic heterocycles. The van der Waals surface area contributed by atoms with E-state index in [1.54, 1.807) is 0 Å². The molecule has 1 aromatic carbocycles. The summed E-state index contributed by atoms with van der Waals surface area (Å²) in [6.45, 7) is 0.600. The summed E-state index contributed by atoms with van der Waals surface area (Å²) >= 11 is 0. The van der Waals surface area contributed by atoms with Crippen LogP contribution in [0.4, 0.5) is 14.5 Å². The number of nitrogens with one attached hydrogen (secondary N) is 1. The molecule has 3 nitrogen and oxygen atoms in total. The topological polar surface area (TPSA) is 49.3 Å². The summed E-state index contributed by atoms with van der Waals surface area (Å²) in [5, 5.41) is 11.5. The maximum Gasteiger partial charge on any atom is 0.338 e. The SMILES string of the molecule is O=C(O)c1ccc(NCC2CCCC2)c(F)c1F. The van der Waals surface area contributed by atoms with Crippen molar-refractivity contribution in [3.63, 3.8) is 0 Å². The Morgan fingerprint density at radius 1 is 1.28 bits per heavy atom. The van der Waals surface area contributed by atoms with Crippen molar-refractivity contribution in [3.05, 3.63) is 29.3 Å². The van der Waals surface area contributed by atoms with Crippen LogP contribution >= 0.6 is 0 Å². The minimum Gasteiger partial charge on any atom is -0.478 e. The zero-order chi connectivity index (χ0) is 13.1. The summed E-state index contributed by atoms with van der Waals surface area (Å²) in [5.74, 6) is -3.40. The van der Waals surface area contributed by atoms with Crippen LogP contribution < -0.4 is 5.32 Å². The maximum atomic E-state index is 13.6. The highest BCUT2D eigenvalue weighted by atomic mass is 19.2. The molecule has 1 fully saturated rings. The largest absolute Gasteiger partial charge is 0.478 e. The summed E-state index contributed by atoms with van der Waals surface area (Å²) < 4.78 is 27.0. The van der Waals surface area contributed by atoms with E-state index in [9.17, 15) is 13.6 Å². The Bertz CT molecular complexity index is 457. The van der Waals surface area contributed by atoms with Gasteiger partial charge in [0, 0.05) is 6.54 Å². The van der Waals surface area contributed by atoms with Gasteiger partial charge in [0.25, 0.3) is 0 Å². The number of benzene rings is 1. The van der Waals surface area contributed by atoms with Crippen molar-refractivity contribution in [2.75, 3.05) is 11.9 Å². The smallest absolute Gasteiger partial charge is 0.338 e. The molecule has 2 N–H and O–H groups in total. The highest BCUT2D eigenvalue weighted by Gasteiger charge is 2.19. The normalized spacial score (nSPS) is 15.9. The number of hydrogen-bond acceptors (Lipinski definition) is 2. The zero-order valence-electron chi connectivity index (χ0n) is 9.88. The lowest BCUT2D eigenvalue weighted by molar-refractivity contribution is 0.0690. The van der Waals surface area contributed by atoms with Crippen LogP contribution in [0.25, 0.3) is 0 Å². The van der Waals surface area contributed by atoms with Gasteiger partial charge in [0.15, 0.2) is 11.6 Å². The standard InChI is InChI=1S/C13H15F2NO2/c14-11-9(13(17)18)5-6-10(12(11)15)16-7-8-3-1-2-4-8/h5-6,8,16H,1-4,7H2,(H,17,18). The number of hydrogen-bond donors (Lipinski definition) is 2. The van der Waals surface area contributed by atoms with Crippen LogP contribution in [0.1, 0.15) is 36.0 Å². The fourth-order valence-corrected chi connectivity index (χ4v) is 2.32. The van der Waals surface area contributed by atoms with Gasteiger partial charge in [-0.1, -0.05) is 12.8 Å². The Balaban J connectivity index is 2.09. The van der Waals surface area contributed by atoms with Crippen molar-refractivity contribution in [3.8, 4) is 0 Å². The number of anilines is 1. The predicted molar refractivity (Wildman–Crippen MR) is 63.8 cm³/mol. The molecule has 0 saturated heterocycles. The Hall–Kier alpha value is -1.65. The number of rotatable bonds is 4. The molecule has 18 heavy (non-hydrogen) atoms. The van der Waals surface area contributed by atoms with Gasteiger partial charge in [-0.2, -0.15) is 0 Å². The van der Waals surface area contributed by atoms with Crippen LogP contribution in [-0.2, 0) is 0 Å². The van der Waals surface area contributed by atoms with Crippen LogP contribution in [0.15, 0.2) is 12.1 Å². The predicted octanol–water partition coefficient (Wildman–Crippen LogP) is 3.27. The average molecular weight is 255 g/mol. The van der Waals surface area contributed by atoms with Gasteiger partial charge in [-0.15, -0.1) is 0 Å². The Kier molecular flexibility index (Phi) is 3.79. The van der Waals surface area contributed by atoms with Crippen LogP contribution in [0.3, 0.4) is 0 Å². The fraction of sp³-hybridized carbons (Fsp3) is 0.462. The second-order valence-electron chi connectivity index (χ2n) is 4.63. The summed E-state index contributed by atoms with van der Waals surface area (Å²) in [4.78, 5) is 10.6. The molecular formula is C13H15F2NO2. The molecule has 0 atom stereocenters. The Labute approximate surface area is 104 Å². The highest BCUT2D eigenvalue weighted by molar-refractivity contribution is 5.88. The summed E-state index contributed by atoms with van der Waals surface area (Å²) in [6, 6.07) is 2.36. The molecule has 0 unspecified atom stereocenters. The highest BCUT2D eigenvalue weighted by Crippen LogP contribution is 2.26. The zero-order valence-corrected chi connectivity index (χ0v) is 9.88. The first kappa shape index (κ1) is 12.8. The van der Waals surface area contributed by atoms with Gasteiger partial charge in [-0.05, 0) is 30.9 Å². The summed E-state index contributed by atoms with van der Waals surface area (Å²) in [6.07, 6.45) is 4.57. The van der Waals surface area contributed by atoms with Gasteiger partial charge >= 0.3 is 5.97 Å². The monoisotopic (exact) mass is 255 g/mol. The lowest BCUT2D eigenvalue weighted by Gasteiger charge is -2.13. The number of carboxylic acids is 1. The van der Waals surface area contributed by atoms with E-state index in [0.717, 1.165) is 18.9 Å². The van der Waals surface area contributed by atoms with Crippen molar-refractivity contribution >= 4 is 11.7 Å². The minimum atomic E-state index is -1.46. The molecule has 1 aliphatic carbocycles. The number of carboxylic acid groups (broad SMARTS) is 1. The van der Waals surface area contributed by atoms with E-state index >= 15 is 0 Å². The quantitative estimate of drug-likeness (QED) is 0.868. The molecule has 0 spiro atoms. The fourth-order valence-electron chi connectivity index (χ4n) is 2.32. The van der Waals surface area contributed by atoms with E-state index in [1.165, 1.54) is 18.9 Å². The van der Waals surface area contributed by atoms with Gasteiger partial charge in [-0.3, -0.25) is 0 Å². The summed E-state index contributed by atoms with van der Waals surface area (Å²) in [5.41, 5.74) is -0.608. The van der Waals surface area contributed by atoms with Crippen molar-refractivity contribution in [1.29, 1.82) is 0 Å². The lowest BCUT2D eigenvalue weighted by Crippen LogP contribution is -2.13. The molecule has 0 radical (unpaired) electrons. The second kappa shape index (κ2) is 5.33. The van der Waals surface area contributed by atoms with Gasteiger partial charge in [0.05, 0.1) is 11.3 Å². The van der Waals surface area contributed by atoms with Crippen molar-refractivity contribution in [1.82, 2.24) is 0 Å². The molecule has 5 heteroatoms.